The van der Waals surface area contributed by atoms with Crippen LogP contribution in [0.25, 0.3) is 0 Å². The van der Waals surface area contributed by atoms with E-state index in [2.05, 4.69) is 0 Å². The van der Waals surface area contributed by atoms with Crippen molar-refractivity contribution in [3.63, 3.8) is 0 Å². The van der Waals surface area contributed by atoms with Crippen molar-refractivity contribution in [1.82, 2.24) is 4.90 Å². The van der Waals surface area contributed by atoms with Crippen LogP contribution in [0.15, 0.2) is 17.0 Å². The maximum Gasteiger partial charge on any atom is 0.312 e. The van der Waals surface area contributed by atoms with Gasteiger partial charge in [0.05, 0.1) is 4.92 Å². The third kappa shape index (κ3) is 4.26. The predicted octanol–water partition coefficient (Wildman–Crippen LogP) is 1.13. The lowest BCUT2D eigenvalue weighted by molar-refractivity contribution is -0.386. The highest BCUT2D eigenvalue weighted by molar-refractivity contribution is 8.13. The van der Waals surface area contributed by atoms with Crippen molar-refractivity contribution in [1.29, 1.82) is 0 Å². The summed E-state index contributed by atoms with van der Waals surface area (Å²) < 4.78 is 40.7. The van der Waals surface area contributed by atoms with Crippen LogP contribution in [0, 0.1) is 15.9 Å². The Balaban J connectivity index is 3.24. The van der Waals surface area contributed by atoms with E-state index < -0.39 is 48.6 Å². The van der Waals surface area contributed by atoms with Gasteiger partial charge in [0.1, 0.15) is 10.7 Å². The van der Waals surface area contributed by atoms with Crippen molar-refractivity contribution in [3.05, 3.63) is 28.1 Å². The van der Waals surface area contributed by atoms with Crippen LogP contribution < -0.4 is 4.74 Å². The van der Waals surface area contributed by atoms with E-state index in [1.54, 1.807) is 0 Å². The third-order valence-electron chi connectivity index (χ3n) is 2.32. The molecule has 0 atom stereocenters. The standard InChI is InChI=1S/C10H10ClFN2O6S/c1-13(2)10(15)5-20-8-3-6(12)9(21(11,18)19)4-7(8)14(16)17/h3-4H,5H2,1-2H3. The second-order valence-electron chi connectivity index (χ2n) is 4.02. The Kier molecular flexibility index (Phi) is 5.07. The Morgan fingerprint density at radius 1 is 1.48 bits per heavy atom. The summed E-state index contributed by atoms with van der Waals surface area (Å²) in [6.07, 6.45) is 0. The van der Waals surface area contributed by atoms with Crippen molar-refractivity contribution >= 4 is 31.3 Å². The summed E-state index contributed by atoms with van der Waals surface area (Å²) in [6, 6.07) is 0.934. The molecular weight excluding hydrogens is 331 g/mol. The summed E-state index contributed by atoms with van der Waals surface area (Å²) in [7, 11) is 3.35. The molecule has 21 heavy (non-hydrogen) atoms. The second kappa shape index (κ2) is 6.22. The van der Waals surface area contributed by atoms with Crippen LogP contribution in [0.5, 0.6) is 5.75 Å². The minimum absolute atomic E-state index is 0.438. The van der Waals surface area contributed by atoms with E-state index in [0.717, 1.165) is 0 Å². The van der Waals surface area contributed by atoms with Crippen molar-refractivity contribution in [3.8, 4) is 5.75 Å². The lowest BCUT2D eigenvalue weighted by Gasteiger charge is -2.12. The first kappa shape index (κ1) is 17.1. The molecule has 116 valence electrons. The van der Waals surface area contributed by atoms with E-state index in [1.807, 2.05) is 0 Å². The number of hydrogen-bond acceptors (Lipinski definition) is 6. The number of carbonyl (C=O) groups is 1. The van der Waals surface area contributed by atoms with Gasteiger partial charge in [-0.2, -0.15) is 0 Å². The van der Waals surface area contributed by atoms with Crippen molar-refractivity contribution in [2.45, 2.75) is 4.90 Å². The van der Waals surface area contributed by atoms with Gasteiger partial charge < -0.3 is 9.64 Å². The summed E-state index contributed by atoms with van der Waals surface area (Å²) in [5.74, 6) is -2.40. The topological polar surface area (TPSA) is 107 Å². The van der Waals surface area contributed by atoms with Gasteiger partial charge in [-0.15, -0.1) is 0 Å². The van der Waals surface area contributed by atoms with Gasteiger partial charge >= 0.3 is 5.69 Å². The zero-order valence-electron chi connectivity index (χ0n) is 10.9. The molecule has 11 heteroatoms. The Labute approximate surface area is 123 Å². The highest BCUT2D eigenvalue weighted by Crippen LogP contribution is 2.33. The Morgan fingerprint density at radius 3 is 2.48 bits per heavy atom. The van der Waals surface area contributed by atoms with Crippen LogP contribution >= 0.6 is 10.7 Å². The number of nitrogens with zero attached hydrogens (tertiary/aromatic N) is 2. The average Bonchev–Trinajstić information content (AvgIpc) is 2.33. The number of nitro groups is 1. The number of halogens is 2. The molecule has 1 amide bonds. The van der Waals surface area contributed by atoms with Crippen LogP contribution in [-0.2, 0) is 13.8 Å². The minimum atomic E-state index is -4.49. The quantitative estimate of drug-likeness (QED) is 0.452. The van der Waals surface area contributed by atoms with E-state index in [-0.39, 0.29) is 0 Å². The van der Waals surface area contributed by atoms with Crippen LogP contribution in [0.3, 0.4) is 0 Å². The monoisotopic (exact) mass is 340 g/mol. The highest BCUT2D eigenvalue weighted by atomic mass is 35.7. The first-order chi connectivity index (χ1) is 9.54. The number of hydrogen-bond donors (Lipinski definition) is 0. The number of benzene rings is 1. The van der Waals surface area contributed by atoms with E-state index in [9.17, 15) is 27.7 Å². The lowest BCUT2D eigenvalue weighted by atomic mass is 10.3. The molecule has 0 heterocycles. The maximum atomic E-state index is 13.6. The summed E-state index contributed by atoms with van der Waals surface area (Å²) in [5, 5.41) is 10.9. The highest BCUT2D eigenvalue weighted by Gasteiger charge is 2.26. The minimum Gasteiger partial charge on any atom is -0.477 e. The van der Waals surface area contributed by atoms with Crippen molar-refractivity contribution in [2.75, 3.05) is 20.7 Å². The zero-order valence-corrected chi connectivity index (χ0v) is 12.4. The molecule has 0 radical (unpaired) electrons. The van der Waals surface area contributed by atoms with Gasteiger partial charge in [-0.1, -0.05) is 0 Å². The molecule has 0 unspecified atom stereocenters. The summed E-state index contributed by atoms with van der Waals surface area (Å²) >= 11 is 0. The summed E-state index contributed by atoms with van der Waals surface area (Å²) in [5.41, 5.74) is -0.817. The molecule has 0 spiro atoms. The van der Waals surface area contributed by atoms with E-state index in [1.165, 1.54) is 19.0 Å². The van der Waals surface area contributed by atoms with Gasteiger partial charge in [0, 0.05) is 36.9 Å². The van der Waals surface area contributed by atoms with Crippen LogP contribution in [0.1, 0.15) is 0 Å². The summed E-state index contributed by atoms with van der Waals surface area (Å²) in [6.45, 7) is -0.569. The predicted molar refractivity (Wildman–Crippen MR) is 70.3 cm³/mol. The molecule has 0 saturated carbocycles. The fourth-order valence-electron chi connectivity index (χ4n) is 1.24. The maximum absolute atomic E-state index is 13.6. The third-order valence-corrected chi connectivity index (χ3v) is 3.66. The van der Waals surface area contributed by atoms with Gasteiger partial charge in [0.2, 0.25) is 5.75 Å². The molecule has 1 aromatic rings. The Morgan fingerprint density at radius 2 is 2.05 bits per heavy atom. The SMILES string of the molecule is CN(C)C(=O)COc1cc(F)c(S(=O)(=O)Cl)cc1[N+](=O)[O-]. The van der Waals surface area contributed by atoms with E-state index in [4.69, 9.17) is 15.4 Å². The molecule has 0 bridgehead atoms. The van der Waals surface area contributed by atoms with Crippen molar-refractivity contribution < 1.29 is 27.3 Å². The number of carbonyl (C=O) groups excluding carboxylic acids is 1. The molecule has 0 fully saturated rings. The molecule has 0 aliphatic heterocycles. The van der Waals surface area contributed by atoms with Gasteiger partial charge in [0.25, 0.3) is 15.0 Å². The van der Waals surface area contributed by atoms with Crippen LogP contribution in [-0.4, -0.2) is 44.9 Å². The lowest BCUT2D eigenvalue weighted by Crippen LogP contribution is -2.27. The van der Waals surface area contributed by atoms with Gasteiger partial charge in [-0.25, -0.2) is 12.8 Å². The number of nitro benzene ring substituents is 1. The van der Waals surface area contributed by atoms with Gasteiger partial charge in [0.15, 0.2) is 6.61 Å². The van der Waals surface area contributed by atoms with Crippen LogP contribution in [0.2, 0.25) is 0 Å². The molecule has 1 aromatic carbocycles. The number of rotatable bonds is 5. The molecule has 0 aliphatic carbocycles. The van der Waals surface area contributed by atoms with Gasteiger partial charge in [-0.05, 0) is 0 Å². The molecule has 8 nitrogen and oxygen atoms in total. The fraction of sp³-hybridized carbons (Fsp3) is 0.300. The molecular formula is C10H10ClFN2O6S. The first-order valence-corrected chi connectivity index (χ1v) is 7.60. The average molecular weight is 341 g/mol. The normalized spacial score (nSPS) is 11.0. The Hall–Kier alpha value is -1.94. The molecule has 1 rings (SSSR count). The van der Waals surface area contributed by atoms with E-state index in [0.29, 0.717) is 12.1 Å². The smallest absolute Gasteiger partial charge is 0.312 e. The Bertz CT molecular complexity index is 691. The number of likely N-dealkylation sites (N-methyl/N-ethyl adjacent to an activating group) is 1. The number of amides is 1. The zero-order chi connectivity index (χ0) is 16.4. The first-order valence-electron chi connectivity index (χ1n) is 5.29. The van der Waals surface area contributed by atoms with Crippen LogP contribution in [0.4, 0.5) is 10.1 Å². The molecule has 0 saturated heterocycles. The molecule has 0 aromatic heterocycles. The molecule has 0 N–H and O–H groups in total. The molecule has 0 aliphatic rings. The van der Waals surface area contributed by atoms with E-state index >= 15 is 0 Å². The fourth-order valence-corrected chi connectivity index (χ4v) is 2.14. The number of ether oxygens (including phenoxy) is 1. The van der Waals surface area contributed by atoms with Gasteiger partial charge in [-0.3, -0.25) is 14.9 Å². The largest absolute Gasteiger partial charge is 0.477 e. The second-order valence-corrected chi connectivity index (χ2v) is 6.56. The summed E-state index contributed by atoms with van der Waals surface area (Å²) in [4.78, 5) is 21.3. The van der Waals surface area contributed by atoms with Crippen molar-refractivity contribution in [2.24, 2.45) is 0 Å².